The lowest BCUT2D eigenvalue weighted by Gasteiger charge is -2.28. The third-order valence-electron chi connectivity index (χ3n) is 4.81. The maximum absolute atomic E-state index is 14.1. The maximum atomic E-state index is 14.1. The van der Waals surface area contributed by atoms with Crippen LogP contribution in [0.3, 0.4) is 0 Å². The van der Waals surface area contributed by atoms with Crippen molar-refractivity contribution in [1.29, 1.82) is 0 Å². The van der Waals surface area contributed by atoms with E-state index in [-0.39, 0.29) is 29.1 Å². The Bertz CT molecular complexity index is 1150. The molecule has 0 aliphatic rings. The van der Waals surface area contributed by atoms with Crippen molar-refractivity contribution < 1.29 is 30.7 Å². The summed E-state index contributed by atoms with van der Waals surface area (Å²) in [5.74, 6) is -1.54. The Balaban J connectivity index is 2.06. The Labute approximate surface area is 182 Å². The van der Waals surface area contributed by atoms with Crippen molar-refractivity contribution in [2.75, 3.05) is 6.54 Å². The molecule has 3 aromatic rings. The second-order valence-corrected chi connectivity index (χ2v) is 7.26. The Morgan fingerprint density at radius 2 is 1.47 bits per heavy atom. The highest BCUT2D eigenvalue weighted by Crippen LogP contribution is 2.37. The number of hydrogen-bond donors (Lipinski definition) is 2. The first kappa shape index (κ1) is 23.9. The van der Waals surface area contributed by atoms with Crippen LogP contribution in [0.5, 0.6) is 0 Å². The molecule has 12 heteroatoms. The lowest BCUT2D eigenvalue weighted by atomic mass is 9.86. The van der Waals surface area contributed by atoms with Gasteiger partial charge in [0.25, 0.3) is 0 Å². The third kappa shape index (κ3) is 4.54. The zero-order valence-electron chi connectivity index (χ0n) is 15.9. The minimum Gasteiger partial charge on any atom is -0.328 e. The van der Waals surface area contributed by atoms with Gasteiger partial charge in [0.15, 0.2) is 0 Å². The summed E-state index contributed by atoms with van der Waals surface area (Å²) in [6.07, 6.45) is -8.49. The standard InChI is InChI=1S/C20H14ClF7N4/c21-14-5-10(1-3-12(14)19(23,24)25)16-7-17(32-9-31-16)18(30,8-29)11-2-4-13(15(22)6-11)20(26,27)28/h1-7,9H,8,29-30H2. The van der Waals surface area contributed by atoms with Crippen molar-refractivity contribution in [3.05, 3.63) is 82.0 Å². The van der Waals surface area contributed by atoms with Crippen LogP contribution in [0.2, 0.25) is 5.02 Å². The van der Waals surface area contributed by atoms with Gasteiger partial charge in [-0.15, -0.1) is 0 Å². The SMILES string of the molecule is NCC(N)(c1ccc(C(F)(F)F)c(F)c1)c1cc(-c2ccc(C(F)(F)F)c(Cl)c2)ncn1. The van der Waals surface area contributed by atoms with Gasteiger partial charge in [-0.05, 0) is 35.9 Å². The van der Waals surface area contributed by atoms with E-state index in [1.54, 1.807) is 0 Å². The van der Waals surface area contributed by atoms with E-state index in [0.717, 1.165) is 30.6 Å². The summed E-state index contributed by atoms with van der Waals surface area (Å²) in [5.41, 5.74) is 8.08. The van der Waals surface area contributed by atoms with Gasteiger partial charge in [-0.2, -0.15) is 26.3 Å². The fourth-order valence-electron chi connectivity index (χ4n) is 3.06. The van der Waals surface area contributed by atoms with E-state index in [1.165, 1.54) is 6.07 Å². The van der Waals surface area contributed by atoms with Crippen LogP contribution < -0.4 is 11.5 Å². The number of aromatic nitrogens is 2. The molecule has 0 aliphatic carbocycles. The highest BCUT2D eigenvalue weighted by atomic mass is 35.5. The monoisotopic (exact) mass is 478 g/mol. The van der Waals surface area contributed by atoms with Gasteiger partial charge >= 0.3 is 12.4 Å². The highest BCUT2D eigenvalue weighted by molar-refractivity contribution is 6.31. The molecule has 0 spiro atoms. The molecule has 2 aromatic carbocycles. The fraction of sp³-hybridized carbons (Fsp3) is 0.200. The second-order valence-electron chi connectivity index (χ2n) is 6.85. The number of nitrogens with two attached hydrogens (primary N) is 2. The normalized spacial score (nSPS) is 14.3. The lowest BCUT2D eigenvalue weighted by molar-refractivity contribution is -0.140. The summed E-state index contributed by atoms with van der Waals surface area (Å²) < 4.78 is 91.5. The molecular formula is C20H14ClF7N4. The number of alkyl halides is 6. The third-order valence-corrected chi connectivity index (χ3v) is 5.12. The Morgan fingerprint density at radius 1 is 0.844 bits per heavy atom. The Kier molecular flexibility index (Phi) is 6.20. The number of benzene rings is 2. The molecule has 1 unspecified atom stereocenters. The maximum Gasteiger partial charge on any atom is 0.419 e. The van der Waals surface area contributed by atoms with E-state index in [4.69, 9.17) is 23.1 Å². The smallest absolute Gasteiger partial charge is 0.328 e. The van der Waals surface area contributed by atoms with Crippen molar-refractivity contribution in [2.24, 2.45) is 11.5 Å². The van der Waals surface area contributed by atoms with Gasteiger partial charge in [-0.3, -0.25) is 0 Å². The van der Waals surface area contributed by atoms with E-state index in [0.29, 0.717) is 12.1 Å². The van der Waals surface area contributed by atoms with Crippen LogP contribution in [0.1, 0.15) is 22.4 Å². The molecule has 1 heterocycles. The summed E-state index contributed by atoms with van der Waals surface area (Å²) in [5, 5.41) is -0.558. The summed E-state index contributed by atoms with van der Waals surface area (Å²) in [7, 11) is 0. The molecule has 170 valence electrons. The van der Waals surface area contributed by atoms with Crippen LogP contribution in [0.15, 0.2) is 48.8 Å². The zero-order chi connectivity index (χ0) is 23.9. The first-order valence-corrected chi connectivity index (χ1v) is 9.21. The summed E-state index contributed by atoms with van der Waals surface area (Å²) in [6.45, 7) is -0.373. The molecular weight excluding hydrogens is 465 g/mol. The minimum atomic E-state index is -4.90. The summed E-state index contributed by atoms with van der Waals surface area (Å²) >= 11 is 5.74. The van der Waals surface area contributed by atoms with E-state index in [2.05, 4.69) is 9.97 Å². The number of rotatable bonds is 4. The quantitative estimate of drug-likeness (QED) is 0.509. The second kappa shape index (κ2) is 8.30. The van der Waals surface area contributed by atoms with Gasteiger partial charge in [0.05, 0.1) is 33.1 Å². The molecule has 1 aromatic heterocycles. The number of hydrogen-bond acceptors (Lipinski definition) is 4. The van der Waals surface area contributed by atoms with E-state index < -0.39 is 39.9 Å². The van der Waals surface area contributed by atoms with E-state index >= 15 is 0 Å². The number of nitrogens with zero attached hydrogens (tertiary/aromatic N) is 2. The van der Waals surface area contributed by atoms with Gasteiger partial charge < -0.3 is 11.5 Å². The van der Waals surface area contributed by atoms with Gasteiger partial charge in [-0.1, -0.05) is 23.7 Å². The van der Waals surface area contributed by atoms with Crippen molar-refractivity contribution in [3.63, 3.8) is 0 Å². The molecule has 0 saturated carbocycles. The molecule has 0 saturated heterocycles. The average molecular weight is 479 g/mol. The summed E-state index contributed by atoms with van der Waals surface area (Å²) in [6, 6.07) is 6.40. The molecule has 0 aliphatic heterocycles. The van der Waals surface area contributed by atoms with Crippen molar-refractivity contribution in [1.82, 2.24) is 9.97 Å². The predicted molar refractivity (Wildman–Crippen MR) is 103 cm³/mol. The van der Waals surface area contributed by atoms with Crippen LogP contribution in [-0.2, 0) is 17.9 Å². The molecule has 0 fully saturated rings. The van der Waals surface area contributed by atoms with Crippen molar-refractivity contribution in [3.8, 4) is 11.3 Å². The van der Waals surface area contributed by atoms with Crippen LogP contribution in [-0.4, -0.2) is 16.5 Å². The van der Waals surface area contributed by atoms with Crippen LogP contribution in [0.4, 0.5) is 30.7 Å². The molecule has 4 nitrogen and oxygen atoms in total. The van der Waals surface area contributed by atoms with Gasteiger partial charge in [0.1, 0.15) is 12.1 Å². The van der Waals surface area contributed by atoms with Crippen molar-refractivity contribution >= 4 is 11.6 Å². The van der Waals surface area contributed by atoms with Gasteiger partial charge in [0, 0.05) is 12.1 Å². The van der Waals surface area contributed by atoms with Gasteiger partial charge in [0.2, 0.25) is 0 Å². The van der Waals surface area contributed by atoms with Crippen LogP contribution in [0, 0.1) is 5.82 Å². The lowest BCUT2D eigenvalue weighted by Crippen LogP contribution is -2.46. The topological polar surface area (TPSA) is 77.8 Å². The molecule has 32 heavy (non-hydrogen) atoms. The molecule has 0 amide bonds. The molecule has 0 radical (unpaired) electrons. The zero-order valence-corrected chi connectivity index (χ0v) is 16.7. The minimum absolute atomic E-state index is 0.0141. The molecule has 1 atom stereocenters. The molecule has 0 bridgehead atoms. The fourth-order valence-corrected chi connectivity index (χ4v) is 3.34. The number of halogens is 8. The van der Waals surface area contributed by atoms with E-state index in [1.807, 2.05) is 0 Å². The first-order chi connectivity index (χ1) is 14.8. The summed E-state index contributed by atoms with van der Waals surface area (Å²) in [4.78, 5) is 7.97. The highest BCUT2D eigenvalue weighted by Gasteiger charge is 2.37. The largest absolute Gasteiger partial charge is 0.419 e. The molecule has 4 N–H and O–H groups in total. The Morgan fingerprint density at radius 3 is 2.00 bits per heavy atom. The predicted octanol–water partition coefficient (Wildman–Crippen LogP) is 5.13. The first-order valence-electron chi connectivity index (χ1n) is 8.83. The van der Waals surface area contributed by atoms with Crippen LogP contribution >= 0.6 is 11.6 Å². The average Bonchev–Trinajstić information content (AvgIpc) is 2.71. The van der Waals surface area contributed by atoms with Crippen molar-refractivity contribution in [2.45, 2.75) is 17.9 Å². The Hall–Kier alpha value is -2.76. The van der Waals surface area contributed by atoms with Crippen LogP contribution in [0.25, 0.3) is 11.3 Å². The van der Waals surface area contributed by atoms with E-state index in [9.17, 15) is 30.7 Å². The molecule has 3 rings (SSSR count). The van der Waals surface area contributed by atoms with Gasteiger partial charge in [-0.25, -0.2) is 14.4 Å².